The van der Waals surface area contributed by atoms with Crippen LogP contribution in [-0.4, -0.2) is 9.97 Å². The number of aromatic nitrogens is 2. The number of hydrogen-bond acceptors (Lipinski definition) is 4. The van der Waals surface area contributed by atoms with Crippen molar-refractivity contribution in [2.75, 3.05) is 0 Å². The number of benzene rings is 2. The van der Waals surface area contributed by atoms with Gasteiger partial charge in [0.15, 0.2) is 0 Å². The highest BCUT2D eigenvalue weighted by Crippen LogP contribution is 2.19. The predicted octanol–water partition coefficient (Wildman–Crippen LogP) is 6.23. The number of rotatable bonds is 5. The van der Waals surface area contributed by atoms with Crippen LogP contribution in [0.2, 0.25) is 0 Å². The second-order valence-electron chi connectivity index (χ2n) is 7.08. The summed E-state index contributed by atoms with van der Waals surface area (Å²) in [6.07, 6.45) is 11.6. The van der Waals surface area contributed by atoms with Crippen LogP contribution >= 0.6 is 0 Å². The van der Waals surface area contributed by atoms with Crippen LogP contribution in [0, 0.1) is 22.7 Å². The van der Waals surface area contributed by atoms with E-state index in [4.69, 9.17) is 10.5 Å². The van der Waals surface area contributed by atoms with Crippen LogP contribution in [0.1, 0.15) is 33.4 Å². The summed E-state index contributed by atoms with van der Waals surface area (Å²) in [5.74, 6) is 0. The van der Waals surface area contributed by atoms with Crippen LogP contribution in [0.15, 0.2) is 85.2 Å². The number of hydrogen-bond donors (Lipinski definition) is 0. The Kier molecular flexibility index (Phi) is 6.27. The molecule has 150 valence electrons. The zero-order chi connectivity index (χ0) is 22.2. The summed E-state index contributed by atoms with van der Waals surface area (Å²) >= 11 is 0. The minimum atomic E-state index is 0.646. The van der Waals surface area contributed by atoms with Crippen LogP contribution in [0.4, 0.5) is 0 Å². The molecule has 0 aliphatic carbocycles. The third-order valence-corrected chi connectivity index (χ3v) is 4.85. The molecule has 0 unspecified atom stereocenters. The third kappa shape index (κ3) is 5.21. The summed E-state index contributed by atoms with van der Waals surface area (Å²) in [6.45, 7) is 0. The minimum absolute atomic E-state index is 0.646. The van der Waals surface area contributed by atoms with E-state index in [1.54, 1.807) is 36.7 Å². The molecule has 0 spiro atoms. The molecule has 2 aromatic carbocycles. The van der Waals surface area contributed by atoms with E-state index in [9.17, 15) is 0 Å². The fourth-order valence-electron chi connectivity index (χ4n) is 3.10. The standard InChI is InChI=1S/C28H18N4/c29-19-25-9-3-21(4-10-25)1-7-23-13-15-31-27(17-23)28-18-24(14-16-32-28)8-2-22-5-11-26(20-30)12-6-22/h1-18H/b7-1+,8-2+. The lowest BCUT2D eigenvalue weighted by atomic mass is 10.1. The molecular weight excluding hydrogens is 392 g/mol. The normalized spacial score (nSPS) is 10.8. The predicted molar refractivity (Wildman–Crippen MR) is 128 cm³/mol. The Morgan fingerprint density at radius 3 is 1.25 bits per heavy atom. The van der Waals surface area contributed by atoms with Gasteiger partial charge in [-0.3, -0.25) is 9.97 Å². The molecule has 0 N–H and O–H groups in total. The topological polar surface area (TPSA) is 73.4 Å². The molecule has 32 heavy (non-hydrogen) atoms. The van der Waals surface area contributed by atoms with E-state index >= 15 is 0 Å². The highest BCUT2D eigenvalue weighted by molar-refractivity contribution is 5.74. The Morgan fingerprint density at radius 1 is 0.500 bits per heavy atom. The summed E-state index contributed by atoms with van der Waals surface area (Å²) in [6, 6.07) is 27.0. The average molecular weight is 410 g/mol. The maximum Gasteiger partial charge on any atom is 0.0991 e. The largest absolute Gasteiger partial charge is 0.255 e. The minimum Gasteiger partial charge on any atom is -0.255 e. The molecule has 0 atom stereocenters. The van der Waals surface area contributed by atoms with Crippen molar-refractivity contribution in [2.45, 2.75) is 0 Å². The summed E-state index contributed by atoms with van der Waals surface area (Å²) in [5, 5.41) is 17.8. The molecule has 2 heterocycles. The van der Waals surface area contributed by atoms with Crippen molar-refractivity contribution in [3.05, 3.63) is 119 Å². The summed E-state index contributed by atoms with van der Waals surface area (Å²) in [7, 11) is 0. The van der Waals surface area contributed by atoms with Gasteiger partial charge in [0.1, 0.15) is 0 Å². The van der Waals surface area contributed by atoms with Crippen molar-refractivity contribution in [3.8, 4) is 23.5 Å². The van der Waals surface area contributed by atoms with Crippen LogP contribution < -0.4 is 0 Å². The average Bonchev–Trinajstić information content (AvgIpc) is 2.87. The van der Waals surface area contributed by atoms with E-state index in [0.29, 0.717) is 11.1 Å². The van der Waals surface area contributed by atoms with Crippen molar-refractivity contribution in [2.24, 2.45) is 0 Å². The van der Waals surface area contributed by atoms with Gasteiger partial charge in [-0.25, -0.2) is 0 Å². The number of nitriles is 2. The van der Waals surface area contributed by atoms with Crippen LogP contribution in [0.5, 0.6) is 0 Å². The summed E-state index contributed by atoms with van der Waals surface area (Å²) in [5.41, 5.74) is 6.95. The molecule has 4 heteroatoms. The first-order valence-corrected chi connectivity index (χ1v) is 10.0. The Balaban J connectivity index is 1.52. The first-order valence-electron chi connectivity index (χ1n) is 10.0. The van der Waals surface area contributed by atoms with E-state index in [1.807, 2.05) is 72.8 Å². The Morgan fingerprint density at radius 2 is 0.875 bits per heavy atom. The molecule has 0 bridgehead atoms. The number of nitrogens with zero attached hydrogens (tertiary/aromatic N) is 4. The smallest absolute Gasteiger partial charge is 0.0991 e. The fourth-order valence-corrected chi connectivity index (χ4v) is 3.10. The number of pyridine rings is 2. The first-order chi connectivity index (χ1) is 15.7. The van der Waals surface area contributed by atoms with Gasteiger partial charge in [0.25, 0.3) is 0 Å². The maximum absolute atomic E-state index is 8.91. The lowest BCUT2D eigenvalue weighted by Crippen LogP contribution is -1.88. The Labute approximate surface area is 187 Å². The van der Waals surface area contributed by atoms with Gasteiger partial charge >= 0.3 is 0 Å². The van der Waals surface area contributed by atoms with Gasteiger partial charge in [0.2, 0.25) is 0 Å². The molecule has 4 rings (SSSR count). The lowest BCUT2D eigenvalue weighted by Gasteiger charge is -2.03. The van der Waals surface area contributed by atoms with Gasteiger partial charge in [-0.15, -0.1) is 0 Å². The molecule has 4 nitrogen and oxygen atoms in total. The molecular formula is C28H18N4. The molecule has 0 saturated carbocycles. The Bertz CT molecular complexity index is 1260. The maximum atomic E-state index is 8.91. The van der Waals surface area contributed by atoms with E-state index in [0.717, 1.165) is 33.6 Å². The second kappa shape index (κ2) is 9.80. The third-order valence-electron chi connectivity index (χ3n) is 4.85. The van der Waals surface area contributed by atoms with E-state index < -0.39 is 0 Å². The molecule has 0 aliphatic heterocycles. The van der Waals surface area contributed by atoms with Gasteiger partial charge in [-0.05, 0) is 70.8 Å². The molecule has 2 aromatic heterocycles. The van der Waals surface area contributed by atoms with E-state index in [-0.39, 0.29) is 0 Å². The zero-order valence-electron chi connectivity index (χ0n) is 17.2. The van der Waals surface area contributed by atoms with E-state index in [1.165, 1.54) is 0 Å². The van der Waals surface area contributed by atoms with Crippen molar-refractivity contribution < 1.29 is 0 Å². The van der Waals surface area contributed by atoms with Crippen molar-refractivity contribution >= 4 is 24.3 Å². The van der Waals surface area contributed by atoms with Gasteiger partial charge in [-0.2, -0.15) is 10.5 Å². The van der Waals surface area contributed by atoms with Crippen molar-refractivity contribution in [1.29, 1.82) is 10.5 Å². The van der Waals surface area contributed by atoms with Crippen molar-refractivity contribution in [1.82, 2.24) is 9.97 Å². The Hall–Kier alpha value is -4.80. The molecule has 0 amide bonds. The van der Waals surface area contributed by atoms with Crippen LogP contribution in [0.3, 0.4) is 0 Å². The zero-order valence-corrected chi connectivity index (χ0v) is 17.2. The second-order valence-corrected chi connectivity index (χ2v) is 7.08. The first kappa shape index (κ1) is 20.5. The highest BCUT2D eigenvalue weighted by atomic mass is 14.8. The summed E-state index contributed by atoms with van der Waals surface area (Å²) in [4.78, 5) is 8.96. The van der Waals surface area contributed by atoms with Crippen LogP contribution in [-0.2, 0) is 0 Å². The molecule has 0 saturated heterocycles. The van der Waals surface area contributed by atoms with Crippen LogP contribution in [0.25, 0.3) is 35.7 Å². The molecule has 0 fully saturated rings. The molecule has 0 aliphatic rings. The van der Waals surface area contributed by atoms with E-state index in [2.05, 4.69) is 22.1 Å². The van der Waals surface area contributed by atoms with Gasteiger partial charge in [0.05, 0.1) is 34.7 Å². The molecule has 4 aromatic rings. The van der Waals surface area contributed by atoms with Crippen molar-refractivity contribution in [3.63, 3.8) is 0 Å². The fraction of sp³-hybridized carbons (Fsp3) is 0. The SMILES string of the molecule is N#Cc1ccc(/C=C/c2ccnc(-c3cc(/C=C/c4ccc(C#N)cc4)ccn3)c2)cc1. The van der Waals surface area contributed by atoms with Gasteiger partial charge in [-0.1, -0.05) is 48.6 Å². The quantitative estimate of drug-likeness (QED) is 0.391. The monoisotopic (exact) mass is 410 g/mol. The highest BCUT2D eigenvalue weighted by Gasteiger charge is 2.02. The van der Waals surface area contributed by atoms with Gasteiger partial charge < -0.3 is 0 Å². The van der Waals surface area contributed by atoms with Gasteiger partial charge in [0, 0.05) is 12.4 Å². The summed E-state index contributed by atoms with van der Waals surface area (Å²) < 4.78 is 0. The molecule has 0 radical (unpaired) electrons. The lowest BCUT2D eigenvalue weighted by molar-refractivity contribution is 1.24.